The zero-order chi connectivity index (χ0) is 11.6. The van der Waals surface area contributed by atoms with Crippen molar-refractivity contribution in [2.24, 2.45) is 23.7 Å². The highest BCUT2D eigenvalue weighted by Gasteiger charge is 2.49. The highest BCUT2D eigenvalue weighted by Crippen LogP contribution is 2.58. The largest absolute Gasteiger partial charge is 0.382 e. The normalized spacial score (nSPS) is 43.2. The molecule has 0 radical (unpaired) electrons. The van der Waals surface area contributed by atoms with E-state index in [9.17, 15) is 0 Å². The number of nitrogens with zero attached hydrogens (tertiary/aromatic N) is 2. The number of hydrogen-bond acceptors (Lipinski definition) is 2. The molecule has 92 valence electrons. The van der Waals surface area contributed by atoms with Gasteiger partial charge in [-0.25, -0.2) is 0 Å². The molecule has 4 bridgehead atoms. The van der Waals surface area contributed by atoms with Crippen LogP contribution in [0.5, 0.6) is 0 Å². The van der Waals surface area contributed by atoms with Gasteiger partial charge in [-0.2, -0.15) is 5.10 Å². The van der Waals surface area contributed by atoms with E-state index in [2.05, 4.69) is 22.9 Å². The molecule has 1 aromatic heterocycles. The van der Waals surface area contributed by atoms with E-state index >= 15 is 0 Å². The zero-order valence-corrected chi connectivity index (χ0v) is 10.5. The van der Waals surface area contributed by atoms with Crippen LogP contribution in [0, 0.1) is 30.6 Å². The lowest BCUT2D eigenvalue weighted by atomic mass is 9.54. The minimum atomic E-state index is 0.652. The third kappa shape index (κ3) is 1.37. The van der Waals surface area contributed by atoms with Gasteiger partial charge in [-0.15, -0.1) is 0 Å². The highest BCUT2D eigenvalue weighted by atomic mass is 15.3. The van der Waals surface area contributed by atoms with Gasteiger partial charge in [0.15, 0.2) is 0 Å². The molecule has 1 aromatic rings. The average Bonchev–Trinajstić information content (AvgIpc) is 2.57. The number of nitrogens with two attached hydrogens (primary N) is 1. The summed E-state index contributed by atoms with van der Waals surface area (Å²) >= 11 is 0. The van der Waals surface area contributed by atoms with E-state index in [1.165, 1.54) is 32.1 Å². The molecule has 4 fully saturated rings. The van der Waals surface area contributed by atoms with Crippen LogP contribution in [0.25, 0.3) is 0 Å². The number of aromatic nitrogens is 2. The average molecular weight is 231 g/mol. The molecule has 0 spiro atoms. The van der Waals surface area contributed by atoms with Gasteiger partial charge >= 0.3 is 0 Å². The Bertz CT molecular complexity index is 401. The van der Waals surface area contributed by atoms with Crippen LogP contribution >= 0.6 is 0 Å². The molecule has 0 aromatic carbocycles. The van der Waals surface area contributed by atoms with Gasteiger partial charge in [0.05, 0.1) is 6.04 Å². The van der Waals surface area contributed by atoms with Crippen molar-refractivity contribution in [3.8, 4) is 0 Å². The number of nitrogen functional groups attached to an aromatic ring is 1. The standard InChI is InChI=1S/C14H21N3/c1-8-7-17(16-14(8)15)13-11-3-9-2-10(5-11)6-12(13)4-9/h7,9-13H,2-6H2,1H3,(H2,15,16). The SMILES string of the molecule is Cc1cn(C2C3CC4CC(C3)CC2C4)nc1N. The van der Waals surface area contributed by atoms with Crippen LogP contribution < -0.4 is 5.73 Å². The van der Waals surface area contributed by atoms with Crippen molar-refractivity contribution in [3.05, 3.63) is 11.8 Å². The van der Waals surface area contributed by atoms with Crippen LogP contribution in [-0.4, -0.2) is 9.78 Å². The second-order valence-corrected chi connectivity index (χ2v) is 6.60. The lowest BCUT2D eigenvalue weighted by molar-refractivity contribution is -0.0335. The van der Waals surface area contributed by atoms with E-state index in [4.69, 9.17) is 5.73 Å². The Morgan fingerprint density at radius 1 is 1.12 bits per heavy atom. The first-order chi connectivity index (χ1) is 8.20. The maximum atomic E-state index is 5.90. The summed E-state index contributed by atoms with van der Waals surface area (Å²) in [6.45, 7) is 2.06. The van der Waals surface area contributed by atoms with Crippen LogP contribution in [0.1, 0.15) is 43.7 Å². The van der Waals surface area contributed by atoms with Gasteiger partial charge in [0.25, 0.3) is 0 Å². The molecule has 0 atom stereocenters. The summed E-state index contributed by atoms with van der Waals surface area (Å²) in [5.41, 5.74) is 7.04. The fourth-order valence-electron chi connectivity index (χ4n) is 4.98. The zero-order valence-electron chi connectivity index (χ0n) is 10.5. The maximum absolute atomic E-state index is 5.90. The molecule has 0 amide bonds. The lowest BCUT2D eigenvalue weighted by Gasteiger charge is -2.54. The fraction of sp³-hybridized carbons (Fsp3) is 0.786. The predicted molar refractivity (Wildman–Crippen MR) is 67.5 cm³/mol. The summed E-state index contributed by atoms with van der Waals surface area (Å²) in [6.07, 6.45) is 9.45. The van der Waals surface area contributed by atoms with Crippen LogP contribution in [0.15, 0.2) is 6.20 Å². The second kappa shape index (κ2) is 3.27. The van der Waals surface area contributed by atoms with E-state index < -0.39 is 0 Å². The van der Waals surface area contributed by atoms with Crippen molar-refractivity contribution in [1.29, 1.82) is 0 Å². The predicted octanol–water partition coefficient (Wildman–Crippen LogP) is 2.77. The van der Waals surface area contributed by atoms with Gasteiger partial charge in [-0.1, -0.05) is 0 Å². The number of rotatable bonds is 1. The molecule has 0 saturated heterocycles. The molecule has 4 aliphatic carbocycles. The van der Waals surface area contributed by atoms with Crippen molar-refractivity contribution in [1.82, 2.24) is 9.78 Å². The number of hydrogen-bond donors (Lipinski definition) is 1. The smallest absolute Gasteiger partial charge is 0.148 e. The Labute approximate surface area is 102 Å². The van der Waals surface area contributed by atoms with Gasteiger partial charge in [-0.05, 0) is 62.7 Å². The lowest BCUT2D eigenvalue weighted by Crippen LogP contribution is -2.46. The Hall–Kier alpha value is -0.990. The first-order valence-corrected chi connectivity index (χ1v) is 7.02. The molecule has 0 aliphatic heterocycles. The summed E-state index contributed by atoms with van der Waals surface area (Å²) in [4.78, 5) is 0. The van der Waals surface area contributed by atoms with Gasteiger partial charge in [0.2, 0.25) is 0 Å². The third-order valence-corrected chi connectivity index (χ3v) is 5.44. The molecule has 17 heavy (non-hydrogen) atoms. The van der Waals surface area contributed by atoms with Crippen molar-refractivity contribution in [2.75, 3.05) is 5.73 Å². The molecule has 3 nitrogen and oxygen atoms in total. The first-order valence-electron chi connectivity index (χ1n) is 7.02. The van der Waals surface area contributed by atoms with Crippen molar-refractivity contribution < 1.29 is 0 Å². The van der Waals surface area contributed by atoms with E-state index in [0.29, 0.717) is 6.04 Å². The highest BCUT2D eigenvalue weighted by molar-refractivity contribution is 5.36. The molecule has 4 saturated carbocycles. The van der Waals surface area contributed by atoms with Gasteiger partial charge < -0.3 is 5.73 Å². The van der Waals surface area contributed by atoms with E-state index in [-0.39, 0.29) is 0 Å². The quantitative estimate of drug-likeness (QED) is 0.807. The molecule has 2 N–H and O–H groups in total. The number of aryl methyl sites for hydroxylation is 1. The molecule has 5 rings (SSSR count). The Morgan fingerprint density at radius 2 is 1.71 bits per heavy atom. The van der Waals surface area contributed by atoms with Crippen LogP contribution in [0.2, 0.25) is 0 Å². The Morgan fingerprint density at radius 3 is 2.18 bits per heavy atom. The van der Waals surface area contributed by atoms with Crippen molar-refractivity contribution in [3.63, 3.8) is 0 Å². The summed E-state index contributed by atoms with van der Waals surface area (Å²) in [5.74, 6) is 4.54. The molecule has 3 heteroatoms. The first kappa shape index (κ1) is 9.98. The van der Waals surface area contributed by atoms with Gasteiger partial charge in [0, 0.05) is 11.8 Å². The molecular formula is C14H21N3. The Balaban J connectivity index is 1.70. The topological polar surface area (TPSA) is 43.8 Å². The van der Waals surface area contributed by atoms with Crippen LogP contribution in [-0.2, 0) is 0 Å². The number of anilines is 1. The minimum Gasteiger partial charge on any atom is -0.382 e. The summed E-state index contributed by atoms with van der Waals surface area (Å²) in [6, 6.07) is 0.652. The maximum Gasteiger partial charge on any atom is 0.148 e. The van der Waals surface area contributed by atoms with E-state index in [0.717, 1.165) is 35.1 Å². The summed E-state index contributed by atoms with van der Waals surface area (Å²) < 4.78 is 2.21. The Kier molecular flexibility index (Phi) is 1.92. The monoisotopic (exact) mass is 231 g/mol. The van der Waals surface area contributed by atoms with Crippen LogP contribution in [0.3, 0.4) is 0 Å². The van der Waals surface area contributed by atoms with Crippen LogP contribution in [0.4, 0.5) is 5.82 Å². The summed E-state index contributed by atoms with van der Waals surface area (Å²) in [7, 11) is 0. The van der Waals surface area contributed by atoms with Crippen molar-refractivity contribution >= 4 is 5.82 Å². The minimum absolute atomic E-state index is 0.652. The molecule has 4 aliphatic rings. The third-order valence-electron chi connectivity index (χ3n) is 5.44. The van der Waals surface area contributed by atoms with E-state index in [1.807, 2.05) is 0 Å². The van der Waals surface area contributed by atoms with Gasteiger partial charge in [0.1, 0.15) is 5.82 Å². The summed E-state index contributed by atoms with van der Waals surface area (Å²) in [5, 5.41) is 4.55. The molecule has 0 unspecified atom stereocenters. The molecule has 1 heterocycles. The van der Waals surface area contributed by atoms with Crippen molar-refractivity contribution in [2.45, 2.75) is 45.1 Å². The van der Waals surface area contributed by atoms with E-state index in [1.54, 1.807) is 0 Å². The van der Waals surface area contributed by atoms with Gasteiger partial charge in [-0.3, -0.25) is 4.68 Å². The second-order valence-electron chi connectivity index (χ2n) is 6.60. The molecular weight excluding hydrogens is 210 g/mol. The fourth-order valence-corrected chi connectivity index (χ4v) is 4.98.